The number of aryl methyl sites for hydroxylation is 3. The summed E-state index contributed by atoms with van der Waals surface area (Å²) in [7, 11) is 0. The number of carbonyl (C=O) groups is 2. The first kappa shape index (κ1) is 17.1. The van der Waals surface area contributed by atoms with Gasteiger partial charge in [-0.3, -0.25) is 14.5 Å². The van der Waals surface area contributed by atoms with Gasteiger partial charge in [-0.25, -0.2) is 4.90 Å². The summed E-state index contributed by atoms with van der Waals surface area (Å²) in [5.74, 6) is -0.127. The number of carbonyl (C=O) groups excluding carboxylic acids is 2. The molecule has 3 rings (SSSR count). The predicted octanol–water partition coefficient (Wildman–Crippen LogP) is 1.88. The molecule has 0 N–H and O–H groups in total. The van der Waals surface area contributed by atoms with Crippen LogP contribution in [0.4, 0.5) is 5.69 Å². The molecule has 1 aromatic carbocycles. The summed E-state index contributed by atoms with van der Waals surface area (Å²) < 4.78 is 0. The molecule has 0 spiro atoms. The zero-order valence-electron chi connectivity index (χ0n) is 15.1. The van der Waals surface area contributed by atoms with Gasteiger partial charge in [-0.15, -0.1) is 0 Å². The van der Waals surface area contributed by atoms with Crippen molar-refractivity contribution >= 4 is 17.5 Å². The first-order valence-corrected chi connectivity index (χ1v) is 8.83. The highest BCUT2D eigenvalue weighted by molar-refractivity contribution is 6.23. The van der Waals surface area contributed by atoms with E-state index in [-0.39, 0.29) is 17.9 Å². The molecule has 0 radical (unpaired) electrons. The molecule has 2 amide bonds. The van der Waals surface area contributed by atoms with Gasteiger partial charge in [-0.1, -0.05) is 24.6 Å². The lowest BCUT2D eigenvalue weighted by molar-refractivity contribution is -0.123. The summed E-state index contributed by atoms with van der Waals surface area (Å²) in [5.41, 5.74) is 3.92. The summed E-state index contributed by atoms with van der Waals surface area (Å²) >= 11 is 0. The van der Waals surface area contributed by atoms with Crippen LogP contribution in [-0.4, -0.2) is 60.4 Å². The average Bonchev–Trinajstić information content (AvgIpc) is 2.82. The normalized spacial score (nSPS) is 23.3. The number of amides is 2. The number of nitrogens with zero attached hydrogens (tertiary/aromatic N) is 3. The molecule has 0 unspecified atom stereocenters. The highest BCUT2D eigenvalue weighted by Gasteiger charge is 2.44. The van der Waals surface area contributed by atoms with Crippen molar-refractivity contribution in [1.82, 2.24) is 9.80 Å². The van der Waals surface area contributed by atoms with E-state index in [9.17, 15) is 9.59 Å². The zero-order valence-corrected chi connectivity index (χ0v) is 15.1. The Bertz CT molecular complexity index is 640. The minimum absolute atomic E-state index is 0.0556. The van der Waals surface area contributed by atoms with Gasteiger partial charge >= 0.3 is 0 Å². The van der Waals surface area contributed by atoms with Crippen molar-refractivity contribution in [1.29, 1.82) is 0 Å². The van der Waals surface area contributed by atoms with Gasteiger partial charge in [-0.2, -0.15) is 0 Å². The maximum atomic E-state index is 13.0. The number of hydrogen-bond acceptors (Lipinski definition) is 4. The number of hydrogen-bond donors (Lipinski definition) is 0. The van der Waals surface area contributed by atoms with Crippen molar-refractivity contribution in [2.75, 3.05) is 37.6 Å². The van der Waals surface area contributed by atoms with Crippen molar-refractivity contribution in [2.24, 2.45) is 0 Å². The highest BCUT2D eigenvalue weighted by atomic mass is 16.2. The fraction of sp³-hybridized carbons (Fsp3) is 0.579. The fourth-order valence-corrected chi connectivity index (χ4v) is 4.05. The topological polar surface area (TPSA) is 43.9 Å². The van der Waals surface area contributed by atoms with Crippen LogP contribution in [-0.2, 0) is 9.59 Å². The minimum Gasteiger partial charge on any atom is -0.301 e. The summed E-state index contributed by atoms with van der Waals surface area (Å²) in [5, 5.41) is 0. The van der Waals surface area contributed by atoms with Crippen LogP contribution in [0.2, 0.25) is 0 Å². The van der Waals surface area contributed by atoms with Crippen molar-refractivity contribution in [3.8, 4) is 0 Å². The van der Waals surface area contributed by atoms with E-state index in [1.165, 1.54) is 4.90 Å². The van der Waals surface area contributed by atoms with Crippen molar-refractivity contribution in [3.05, 3.63) is 28.8 Å². The Hall–Kier alpha value is -1.72. The highest BCUT2D eigenvalue weighted by Crippen LogP contribution is 2.32. The van der Waals surface area contributed by atoms with Gasteiger partial charge in [0.15, 0.2) is 0 Å². The first-order chi connectivity index (χ1) is 11.4. The van der Waals surface area contributed by atoms with Gasteiger partial charge in [0.1, 0.15) is 0 Å². The standard InChI is InChI=1S/C19H27N3O2/c1-5-20-6-8-21(9-7-20)16-12-17(23)22(19(16)24)18-14(3)10-13(2)11-15(18)4/h10-11,16H,5-9,12H2,1-4H3/t16-/m0/s1. The molecule has 1 atom stereocenters. The Balaban J connectivity index is 1.83. The van der Waals surface area contributed by atoms with E-state index in [2.05, 4.69) is 16.7 Å². The van der Waals surface area contributed by atoms with Crippen LogP contribution < -0.4 is 4.90 Å². The molecule has 2 fully saturated rings. The molecule has 2 aliphatic heterocycles. The molecule has 5 heteroatoms. The summed E-state index contributed by atoms with van der Waals surface area (Å²) in [4.78, 5) is 31.6. The second-order valence-electron chi connectivity index (χ2n) is 7.00. The third-order valence-electron chi connectivity index (χ3n) is 5.28. The van der Waals surface area contributed by atoms with Gasteiger partial charge in [0, 0.05) is 26.2 Å². The van der Waals surface area contributed by atoms with Gasteiger partial charge in [0.05, 0.1) is 18.2 Å². The average molecular weight is 329 g/mol. The minimum atomic E-state index is -0.295. The third kappa shape index (κ3) is 2.98. The van der Waals surface area contributed by atoms with Gasteiger partial charge in [0.2, 0.25) is 5.91 Å². The van der Waals surface area contributed by atoms with E-state index in [0.29, 0.717) is 6.42 Å². The summed E-state index contributed by atoms with van der Waals surface area (Å²) in [6, 6.07) is 3.78. The molecular formula is C19H27N3O2. The quantitative estimate of drug-likeness (QED) is 0.794. The van der Waals surface area contributed by atoms with Crippen molar-refractivity contribution in [2.45, 2.75) is 40.2 Å². The monoisotopic (exact) mass is 329 g/mol. The smallest absolute Gasteiger partial charge is 0.251 e. The Morgan fingerprint density at radius 3 is 2.12 bits per heavy atom. The Labute approximate surface area is 144 Å². The Kier molecular flexibility index (Phi) is 4.74. The summed E-state index contributed by atoms with van der Waals surface area (Å²) in [6.07, 6.45) is 0.303. The lowest BCUT2D eigenvalue weighted by atomic mass is 10.0. The molecule has 0 saturated carbocycles. The van der Waals surface area contributed by atoms with Crippen LogP contribution in [0.5, 0.6) is 0 Å². The fourth-order valence-electron chi connectivity index (χ4n) is 4.05. The van der Waals surface area contributed by atoms with Crippen LogP contribution in [0.3, 0.4) is 0 Å². The summed E-state index contributed by atoms with van der Waals surface area (Å²) in [6.45, 7) is 12.8. The number of rotatable bonds is 3. The Morgan fingerprint density at radius 1 is 1.00 bits per heavy atom. The van der Waals surface area contributed by atoms with Crippen molar-refractivity contribution < 1.29 is 9.59 Å². The van der Waals surface area contributed by atoms with Crippen molar-refractivity contribution in [3.63, 3.8) is 0 Å². The lowest BCUT2D eigenvalue weighted by Crippen LogP contribution is -2.52. The molecule has 24 heavy (non-hydrogen) atoms. The SMILES string of the molecule is CCN1CCN([C@H]2CC(=O)N(c3c(C)cc(C)cc3C)C2=O)CC1. The number of benzene rings is 1. The second kappa shape index (κ2) is 6.65. The van der Waals surface area contributed by atoms with Gasteiger partial charge in [0.25, 0.3) is 5.91 Å². The first-order valence-electron chi connectivity index (χ1n) is 8.83. The largest absolute Gasteiger partial charge is 0.301 e. The van der Waals surface area contributed by atoms with E-state index < -0.39 is 0 Å². The lowest BCUT2D eigenvalue weighted by Gasteiger charge is -2.36. The molecule has 0 aromatic heterocycles. The molecule has 1 aromatic rings. The van der Waals surface area contributed by atoms with E-state index in [1.807, 2.05) is 32.9 Å². The van der Waals surface area contributed by atoms with E-state index in [1.54, 1.807) is 0 Å². The van der Waals surface area contributed by atoms with Gasteiger partial charge in [-0.05, 0) is 38.4 Å². The van der Waals surface area contributed by atoms with E-state index in [0.717, 1.165) is 55.1 Å². The number of anilines is 1. The van der Waals surface area contributed by atoms with Gasteiger partial charge < -0.3 is 4.90 Å². The molecule has 130 valence electrons. The molecular weight excluding hydrogens is 302 g/mol. The van der Waals surface area contributed by atoms with Crippen LogP contribution >= 0.6 is 0 Å². The second-order valence-corrected chi connectivity index (χ2v) is 7.00. The molecule has 0 aliphatic carbocycles. The molecule has 0 bridgehead atoms. The maximum Gasteiger partial charge on any atom is 0.251 e. The number of imide groups is 1. The number of piperazine rings is 1. The molecule has 5 nitrogen and oxygen atoms in total. The van der Waals surface area contributed by atoms with Crippen LogP contribution in [0.15, 0.2) is 12.1 Å². The van der Waals surface area contributed by atoms with Crippen LogP contribution in [0.25, 0.3) is 0 Å². The maximum absolute atomic E-state index is 13.0. The van der Waals surface area contributed by atoms with Crippen LogP contribution in [0, 0.1) is 20.8 Å². The Morgan fingerprint density at radius 2 is 1.58 bits per heavy atom. The third-order valence-corrected chi connectivity index (χ3v) is 5.28. The molecule has 2 aliphatic rings. The van der Waals surface area contributed by atoms with Crippen LogP contribution in [0.1, 0.15) is 30.0 Å². The number of likely N-dealkylation sites (N-methyl/N-ethyl adjacent to an activating group) is 1. The van der Waals surface area contributed by atoms with E-state index >= 15 is 0 Å². The molecule has 2 saturated heterocycles. The predicted molar refractivity (Wildman–Crippen MR) is 95.2 cm³/mol. The zero-order chi connectivity index (χ0) is 17.4. The molecule has 2 heterocycles. The van der Waals surface area contributed by atoms with E-state index in [4.69, 9.17) is 0 Å².